The van der Waals surface area contributed by atoms with Gasteiger partial charge in [-0.15, -0.1) is 0 Å². The molecule has 0 aliphatic carbocycles. The van der Waals surface area contributed by atoms with Crippen molar-refractivity contribution >= 4 is 11.7 Å². The van der Waals surface area contributed by atoms with E-state index in [9.17, 15) is 4.79 Å². The van der Waals surface area contributed by atoms with E-state index in [0.717, 1.165) is 17.5 Å². The number of nitrogens with one attached hydrogen (secondary N) is 2. The molecule has 3 rings (SSSR count). The van der Waals surface area contributed by atoms with Gasteiger partial charge in [-0.25, -0.2) is 9.97 Å². The van der Waals surface area contributed by atoms with Gasteiger partial charge in [0.2, 0.25) is 0 Å². The number of amides is 1. The molecule has 1 amide bonds. The average molecular weight is 374 g/mol. The molecule has 1 aromatic heterocycles. The largest absolute Gasteiger partial charge is 0.367 e. The number of carbonyl (C=O) groups excluding carboxylic acids is 1. The highest BCUT2D eigenvalue weighted by atomic mass is 16.1. The van der Waals surface area contributed by atoms with E-state index >= 15 is 0 Å². The topological polar surface area (TPSA) is 66.9 Å². The fraction of sp³-hybridized carbons (Fsp3) is 0.261. The van der Waals surface area contributed by atoms with Crippen molar-refractivity contribution in [1.82, 2.24) is 15.3 Å². The summed E-state index contributed by atoms with van der Waals surface area (Å²) in [6.45, 7) is 6.69. The van der Waals surface area contributed by atoms with Gasteiger partial charge in [-0.3, -0.25) is 4.79 Å². The van der Waals surface area contributed by atoms with Crippen LogP contribution in [0.3, 0.4) is 0 Å². The number of benzene rings is 2. The van der Waals surface area contributed by atoms with E-state index in [0.29, 0.717) is 23.9 Å². The number of hydrogen-bond acceptors (Lipinski definition) is 4. The predicted molar refractivity (Wildman–Crippen MR) is 113 cm³/mol. The Balaban J connectivity index is 1.84. The van der Waals surface area contributed by atoms with E-state index in [1.165, 1.54) is 5.56 Å². The lowest BCUT2D eigenvalue weighted by Crippen LogP contribution is -2.25. The molecule has 2 aromatic carbocycles. The van der Waals surface area contributed by atoms with Gasteiger partial charge >= 0.3 is 0 Å². The Kier molecular flexibility index (Phi) is 6.37. The van der Waals surface area contributed by atoms with E-state index in [-0.39, 0.29) is 11.9 Å². The molecule has 0 radical (unpaired) electrons. The van der Waals surface area contributed by atoms with Crippen molar-refractivity contribution in [3.8, 4) is 11.4 Å². The normalized spacial score (nSPS) is 11.7. The van der Waals surface area contributed by atoms with Crippen molar-refractivity contribution in [2.45, 2.75) is 39.8 Å². The minimum Gasteiger partial charge on any atom is -0.367 e. The van der Waals surface area contributed by atoms with E-state index in [2.05, 4.69) is 34.4 Å². The fourth-order valence-corrected chi connectivity index (χ4v) is 2.69. The van der Waals surface area contributed by atoms with E-state index in [1.807, 2.05) is 61.5 Å². The molecule has 5 heteroatoms. The van der Waals surface area contributed by atoms with Crippen LogP contribution in [-0.2, 0) is 6.54 Å². The van der Waals surface area contributed by atoms with Crippen LogP contribution in [0, 0.1) is 6.92 Å². The van der Waals surface area contributed by atoms with Gasteiger partial charge in [0.25, 0.3) is 5.91 Å². The number of nitrogens with zero attached hydrogens (tertiary/aromatic N) is 2. The van der Waals surface area contributed by atoms with Gasteiger partial charge in [-0.2, -0.15) is 0 Å². The Morgan fingerprint density at radius 1 is 1.04 bits per heavy atom. The van der Waals surface area contributed by atoms with Crippen LogP contribution in [0.5, 0.6) is 0 Å². The van der Waals surface area contributed by atoms with Crippen molar-refractivity contribution in [2.75, 3.05) is 5.32 Å². The first-order chi connectivity index (χ1) is 13.5. The summed E-state index contributed by atoms with van der Waals surface area (Å²) in [6.07, 6.45) is 0.958. The third-order valence-electron chi connectivity index (χ3n) is 4.57. The first-order valence-corrected chi connectivity index (χ1v) is 9.60. The second kappa shape index (κ2) is 9.13. The average Bonchev–Trinajstić information content (AvgIpc) is 2.73. The molecule has 1 unspecified atom stereocenters. The minimum atomic E-state index is -0.215. The molecule has 5 nitrogen and oxygen atoms in total. The quantitative estimate of drug-likeness (QED) is 0.635. The van der Waals surface area contributed by atoms with Crippen LogP contribution in [0.1, 0.15) is 41.9 Å². The number of anilines is 1. The molecular formula is C23H26N4O. The van der Waals surface area contributed by atoms with Crippen LogP contribution in [0.25, 0.3) is 11.4 Å². The highest BCUT2D eigenvalue weighted by Gasteiger charge is 2.14. The zero-order valence-corrected chi connectivity index (χ0v) is 16.6. The summed E-state index contributed by atoms with van der Waals surface area (Å²) >= 11 is 0. The van der Waals surface area contributed by atoms with Gasteiger partial charge in [-0.05, 0) is 25.8 Å². The number of aryl methyl sites for hydroxylation is 1. The molecule has 1 heterocycles. The number of carbonyl (C=O) groups is 1. The summed E-state index contributed by atoms with van der Waals surface area (Å²) < 4.78 is 0. The van der Waals surface area contributed by atoms with Gasteiger partial charge in [-0.1, -0.05) is 67.1 Å². The molecule has 2 N–H and O–H groups in total. The van der Waals surface area contributed by atoms with Crippen molar-refractivity contribution in [3.05, 3.63) is 77.5 Å². The molecule has 0 spiro atoms. The Bertz CT molecular complexity index is 923. The van der Waals surface area contributed by atoms with Crippen molar-refractivity contribution < 1.29 is 4.79 Å². The predicted octanol–water partition coefficient (Wildman–Crippen LogP) is 4.59. The summed E-state index contributed by atoms with van der Waals surface area (Å²) in [4.78, 5) is 21.8. The third-order valence-corrected chi connectivity index (χ3v) is 4.57. The number of hydrogen-bond donors (Lipinski definition) is 2. The Labute approximate surface area is 166 Å². The van der Waals surface area contributed by atoms with Gasteiger partial charge in [0.15, 0.2) is 5.82 Å². The maximum absolute atomic E-state index is 12.7. The number of rotatable bonds is 7. The first-order valence-electron chi connectivity index (χ1n) is 9.60. The summed E-state index contributed by atoms with van der Waals surface area (Å²) in [5, 5.41) is 6.30. The van der Waals surface area contributed by atoms with Crippen LogP contribution < -0.4 is 10.6 Å². The highest BCUT2D eigenvalue weighted by Crippen LogP contribution is 2.19. The highest BCUT2D eigenvalue weighted by molar-refractivity contribution is 5.93. The monoisotopic (exact) mass is 374 g/mol. The molecule has 0 aliphatic heterocycles. The second-order valence-electron chi connectivity index (χ2n) is 6.95. The van der Waals surface area contributed by atoms with Crippen LogP contribution in [0.2, 0.25) is 0 Å². The van der Waals surface area contributed by atoms with Crippen LogP contribution in [0.15, 0.2) is 60.7 Å². The minimum absolute atomic E-state index is 0.215. The molecule has 1 atom stereocenters. The van der Waals surface area contributed by atoms with Gasteiger partial charge in [0.1, 0.15) is 11.5 Å². The molecule has 28 heavy (non-hydrogen) atoms. The molecule has 3 aromatic rings. The first kappa shape index (κ1) is 19.5. The van der Waals surface area contributed by atoms with Crippen LogP contribution >= 0.6 is 0 Å². The van der Waals surface area contributed by atoms with E-state index in [4.69, 9.17) is 0 Å². The summed E-state index contributed by atoms with van der Waals surface area (Å²) in [6, 6.07) is 19.8. The molecule has 0 fully saturated rings. The van der Waals surface area contributed by atoms with Gasteiger partial charge < -0.3 is 10.6 Å². The lowest BCUT2D eigenvalue weighted by molar-refractivity contribution is 0.0946. The van der Waals surface area contributed by atoms with Crippen molar-refractivity contribution in [1.29, 1.82) is 0 Å². The maximum atomic E-state index is 12.7. The fourth-order valence-electron chi connectivity index (χ4n) is 2.69. The molecule has 0 saturated heterocycles. The van der Waals surface area contributed by atoms with Crippen molar-refractivity contribution in [3.63, 3.8) is 0 Å². The Hall–Kier alpha value is -3.21. The maximum Gasteiger partial charge on any atom is 0.270 e. The molecule has 0 bridgehead atoms. The Morgan fingerprint density at radius 3 is 2.43 bits per heavy atom. The van der Waals surface area contributed by atoms with E-state index in [1.54, 1.807) is 6.07 Å². The zero-order chi connectivity index (χ0) is 19.9. The van der Waals surface area contributed by atoms with Gasteiger partial charge in [0.05, 0.1) is 0 Å². The van der Waals surface area contributed by atoms with Crippen LogP contribution in [0.4, 0.5) is 5.82 Å². The second-order valence-corrected chi connectivity index (χ2v) is 6.95. The van der Waals surface area contributed by atoms with Crippen molar-refractivity contribution in [2.24, 2.45) is 0 Å². The van der Waals surface area contributed by atoms with E-state index < -0.39 is 0 Å². The lowest BCUT2D eigenvalue weighted by atomic mass is 10.1. The molecule has 0 saturated carbocycles. The molecule has 0 aliphatic rings. The zero-order valence-electron chi connectivity index (χ0n) is 16.6. The smallest absolute Gasteiger partial charge is 0.270 e. The SMILES string of the molecule is CCC(C)Nc1cc(C(=O)NCc2ccc(C)cc2)nc(-c2ccccc2)n1. The molecule has 144 valence electrons. The van der Waals surface area contributed by atoms with Gasteiger partial charge in [0, 0.05) is 24.2 Å². The summed E-state index contributed by atoms with van der Waals surface area (Å²) in [7, 11) is 0. The summed E-state index contributed by atoms with van der Waals surface area (Å²) in [5.74, 6) is 0.977. The Morgan fingerprint density at radius 2 is 1.75 bits per heavy atom. The summed E-state index contributed by atoms with van der Waals surface area (Å²) in [5.41, 5.74) is 3.48. The molecular weight excluding hydrogens is 348 g/mol. The third kappa shape index (κ3) is 5.16. The van der Waals surface area contributed by atoms with Crippen LogP contribution in [-0.4, -0.2) is 21.9 Å². The number of aromatic nitrogens is 2. The standard InChI is InChI=1S/C23H26N4O/c1-4-17(3)25-21-14-20(26-22(27-21)19-8-6-5-7-9-19)23(28)24-15-18-12-10-16(2)11-13-18/h5-14,17H,4,15H2,1-3H3,(H,24,28)(H,25,26,27). The lowest BCUT2D eigenvalue weighted by Gasteiger charge is -2.14.